The van der Waals surface area contributed by atoms with Crippen molar-refractivity contribution in [2.45, 2.75) is 44.2 Å². The smallest absolute Gasteiger partial charge is 0.410 e. The number of likely N-dealkylation sites (tertiary alicyclic amines) is 2. The predicted octanol–water partition coefficient (Wildman–Crippen LogP) is 2.17. The first-order valence-electron chi connectivity index (χ1n) is 12.2. The van der Waals surface area contributed by atoms with Crippen molar-refractivity contribution < 1.29 is 34.2 Å². The van der Waals surface area contributed by atoms with Crippen LogP contribution in [0.2, 0.25) is 0 Å². The van der Waals surface area contributed by atoms with Crippen LogP contribution in [0, 0.1) is 5.92 Å². The van der Waals surface area contributed by atoms with E-state index in [-0.39, 0.29) is 19.5 Å². The minimum Gasteiger partial charge on any atom is -0.465 e. The van der Waals surface area contributed by atoms with E-state index in [4.69, 9.17) is 4.74 Å². The normalized spacial score (nSPS) is 26.3. The average molecular weight is 501 g/mol. The number of ether oxygens (including phenoxy) is 1. The van der Waals surface area contributed by atoms with Crippen LogP contribution in [0.4, 0.5) is 9.59 Å². The van der Waals surface area contributed by atoms with Crippen molar-refractivity contribution >= 4 is 29.6 Å². The number of hydroxylamine groups is 1. The zero-order valence-electron chi connectivity index (χ0n) is 20.3. The SMILES string of the molecule is C[C@@]1(C(=O)N2CC=C(c3ccccc3)CC2)[C@@H](C(=O)NO)CC(OC(=O)N2CCCC2)CN1C(=O)O. The second-order valence-electron chi connectivity index (χ2n) is 9.60. The van der Waals surface area contributed by atoms with Crippen LogP contribution in [-0.4, -0.2) is 93.4 Å². The van der Waals surface area contributed by atoms with Gasteiger partial charge in [-0.3, -0.25) is 19.7 Å². The van der Waals surface area contributed by atoms with Crippen LogP contribution >= 0.6 is 0 Å². The standard InChI is InChI=1S/C25H32N4O7/c1-25(22(31)27-13-9-18(10-14-27)17-7-3-2-4-8-17)20(21(30)26-35)15-19(16-29(25)23(32)33)36-24(34)28-11-5-6-12-28/h2-4,7-9,19-20,35H,5-6,10-16H2,1H3,(H,26,30)(H,32,33)/t19?,20-,25+/m1/s1. The van der Waals surface area contributed by atoms with Crippen LogP contribution in [-0.2, 0) is 14.3 Å². The number of carbonyl (C=O) groups excluding carboxylic acids is 3. The zero-order valence-corrected chi connectivity index (χ0v) is 20.3. The molecule has 0 aliphatic carbocycles. The summed E-state index contributed by atoms with van der Waals surface area (Å²) in [5, 5.41) is 19.5. The third-order valence-electron chi connectivity index (χ3n) is 7.49. The molecule has 0 spiro atoms. The van der Waals surface area contributed by atoms with Crippen LogP contribution in [0.15, 0.2) is 36.4 Å². The molecule has 1 aromatic rings. The third kappa shape index (κ3) is 4.88. The fourth-order valence-electron chi connectivity index (χ4n) is 5.42. The molecule has 36 heavy (non-hydrogen) atoms. The molecule has 0 radical (unpaired) electrons. The second-order valence-corrected chi connectivity index (χ2v) is 9.60. The maximum atomic E-state index is 13.8. The number of benzene rings is 1. The van der Waals surface area contributed by atoms with E-state index in [0.717, 1.165) is 28.9 Å². The van der Waals surface area contributed by atoms with Crippen molar-refractivity contribution in [3.63, 3.8) is 0 Å². The molecule has 4 rings (SSSR count). The van der Waals surface area contributed by atoms with E-state index in [1.54, 1.807) is 5.48 Å². The molecule has 2 saturated heterocycles. The van der Waals surface area contributed by atoms with Gasteiger partial charge in [-0.05, 0) is 37.3 Å². The molecule has 1 aromatic carbocycles. The van der Waals surface area contributed by atoms with Crippen LogP contribution < -0.4 is 5.48 Å². The Hall–Kier alpha value is -3.60. The number of amides is 4. The lowest BCUT2D eigenvalue weighted by Gasteiger charge is -2.50. The lowest BCUT2D eigenvalue weighted by molar-refractivity contribution is -0.161. The molecule has 0 aromatic heterocycles. The van der Waals surface area contributed by atoms with E-state index in [0.29, 0.717) is 26.1 Å². The predicted molar refractivity (Wildman–Crippen MR) is 128 cm³/mol. The molecule has 3 aliphatic rings. The van der Waals surface area contributed by atoms with E-state index in [1.165, 1.54) is 16.7 Å². The van der Waals surface area contributed by atoms with Crippen molar-refractivity contribution in [3.05, 3.63) is 42.0 Å². The van der Waals surface area contributed by atoms with Crippen LogP contribution in [0.3, 0.4) is 0 Å². The minimum absolute atomic E-state index is 0.100. The number of nitrogens with one attached hydrogen (secondary N) is 1. The molecular formula is C25H32N4O7. The van der Waals surface area contributed by atoms with Gasteiger partial charge in [-0.1, -0.05) is 36.4 Å². The quantitative estimate of drug-likeness (QED) is 0.425. The maximum Gasteiger partial charge on any atom is 0.410 e. The minimum atomic E-state index is -1.80. The number of piperidine rings is 1. The highest BCUT2D eigenvalue weighted by Crippen LogP contribution is 2.38. The summed E-state index contributed by atoms with van der Waals surface area (Å²) in [6, 6.07) is 9.78. The number of nitrogens with zero attached hydrogens (tertiary/aromatic N) is 3. The number of hydrogen-bond donors (Lipinski definition) is 3. The van der Waals surface area contributed by atoms with Gasteiger partial charge in [0.25, 0.3) is 0 Å². The largest absolute Gasteiger partial charge is 0.465 e. The highest BCUT2D eigenvalue weighted by Gasteiger charge is 2.57. The Balaban J connectivity index is 1.56. The molecular weight excluding hydrogens is 468 g/mol. The fraction of sp³-hybridized carbons (Fsp3) is 0.520. The molecule has 3 aliphatic heterocycles. The van der Waals surface area contributed by atoms with Crippen molar-refractivity contribution in [2.24, 2.45) is 5.92 Å². The Morgan fingerprint density at radius 3 is 2.33 bits per heavy atom. The van der Waals surface area contributed by atoms with Gasteiger partial charge in [-0.2, -0.15) is 0 Å². The number of carboxylic acid groups (broad SMARTS) is 1. The van der Waals surface area contributed by atoms with Gasteiger partial charge in [0, 0.05) is 32.6 Å². The monoisotopic (exact) mass is 500 g/mol. The molecule has 4 amide bonds. The number of rotatable bonds is 4. The van der Waals surface area contributed by atoms with Gasteiger partial charge in [0.2, 0.25) is 11.8 Å². The van der Waals surface area contributed by atoms with E-state index < -0.39 is 41.6 Å². The molecule has 11 heteroatoms. The van der Waals surface area contributed by atoms with Gasteiger partial charge in [-0.15, -0.1) is 0 Å². The molecule has 194 valence electrons. The summed E-state index contributed by atoms with van der Waals surface area (Å²) in [6.45, 7) is 2.86. The Bertz CT molecular complexity index is 1040. The Morgan fingerprint density at radius 1 is 1.06 bits per heavy atom. The Kier molecular flexibility index (Phi) is 7.48. The van der Waals surface area contributed by atoms with Crippen molar-refractivity contribution in [1.29, 1.82) is 0 Å². The fourth-order valence-corrected chi connectivity index (χ4v) is 5.42. The highest BCUT2D eigenvalue weighted by atomic mass is 16.6. The molecule has 3 N–H and O–H groups in total. The lowest BCUT2D eigenvalue weighted by Crippen LogP contribution is -2.70. The number of carbonyl (C=O) groups is 4. The molecule has 2 fully saturated rings. The van der Waals surface area contributed by atoms with Gasteiger partial charge in [0.05, 0.1) is 12.5 Å². The molecule has 0 bridgehead atoms. The van der Waals surface area contributed by atoms with E-state index in [9.17, 15) is 29.5 Å². The van der Waals surface area contributed by atoms with Gasteiger partial charge in [0.15, 0.2) is 0 Å². The van der Waals surface area contributed by atoms with Crippen LogP contribution in [0.5, 0.6) is 0 Å². The van der Waals surface area contributed by atoms with Gasteiger partial charge < -0.3 is 19.6 Å². The summed E-state index contributed by atoms with van der Waals surface area (Å²) < 4.78 is 5.55. The third-order valence-corrected chi connectivity index (χ3v) is 7.49. The molecule has 0 saturated carbocycles. The summed E-state index contributed by atoms with van der Waals surface area (Å²) in [5.41, 5.74) is 1.92. The summed E-state index contributed by atoms with van der Waals surface area (Å²) in [4.78, 5) is 55.4. The Morgan fingerprint density at radius 2 is 1.75 bits per heavy atom. The van der Waals surface area contributed by atoms with E-state index >= 15 is 0 Å². The van der Waals surface area contributed by atoms with Gasteiger partial charge >= 0.3 is 12.2 Å². The van der Waals surface area contributed by atoms with Crippen molar-refractivity contribution in [2.75, 3.05) is 32.7 Å². The Labute approximate surface area is 209 Å². The van der Waals surface area contributed by atoms with Gasteiger partial charge in [0.1, 0.15) is 11.6 Å². The maximum absolute atomic E-state index is 13.8. The zero-order chi connectivity index (χ0) is 25.9. The molecule has 11 nitrogen and oxygen atoms in total. The molecule has 3 heterocycles. The van der Waals surface area contributed by atoms with E-state index in [1.807, 2.05) is 36.4 Å². The van der Waals surface area contributed by atoms with Gasteiger partial charge in [-0.25, -0.2) is 15.1 Å². The average Bonchev–Trinajstić information content (AvgIpc) is 3.44. The summed E-state index contributed by atoms with van der Waals surface area (Å²) in [6.07, 6.45) is 1.19. The topological polar surface area (TPSA) is 140 Å². The lowest BCUT2D eigenvalue weighted by atomic mass is 9.75. The summed E-state index contributed by atoms with van der Waals surface area (Å²) in [7, 11) is 0. The second kappa shape index (κ2) is 10.6. The first-order chi connectivity index (χ1) is 17.3. The van der Waals surface area contributed by atoms with Crippen molar-refractivity contribution in [3.8, 4) is 0 Å². The van der Waals surface area contributed by atoms with Crippen molar-refractivity contribution in [1.82, 2.24) is 20.2 Å². The summed E-state index contributed by atoms with van der Waals surface area (Å²) in [5.74, 6) is -2.71. The number of hydrogen-bond acceptors (Lipinski definition) is 6. The highest BCUT2D eigenvalue weighted by molar-refractivity contribution is 5.96. The molecule has 1 unspecified atom stereocenters. The van der Waals surface area contributed by atoms with Crippen LogP contribution in [0.25, 0.3) is 5.57 Å². The molecule has 3 atom stereocenters. The summed E-state index contributed by atoms with van der Waals surface area (Å²) >= 11 is 0. The van der Waals surface area contributed by atoms with E-state index in [2.05, 4.69) is 0 Å². The van der Waals surface area contributed by atoms with Crippen LogP contribution in [0.1, 0.15) is 38.2 Å². The first-order valence-corrected chi connectivity index (χ1v) is 12.2. The first kappa shape index (κ1) is 25.5.